The summed E-state index contributed by atoms with van der Waals surface area (Å²) in [6.07, 6.45) is 6.02. The summed E-state index contributed by atoms with van der Waals surface area (Å²) in [6.45, 7) is 3.91. The van der Waals surface area contributed by atoms with E-state index in [2.05, 4.69) is 12.2 Å². The van der Waals surface area contributed by atoms with Crippen LogP contribution in [-0.2, 0) is 4.79 Å². The van der Waals surface area contributed by atoms with E-state index < -0.39 is 4.92 Å². The van der Waals surface area contributed by atoms with Crippen LogP contribution in [0.3, 0.4) is 0 Å². The minimum absolute atomic E-state index is 0.0292. The van der Waals surface area contributed by atoms with Gasteiger partial charge in [-0.3, -0.25) is 14.9 Å². The molecule has 0 spiro atoms. The lowest BCUT2D eigenvalue weighted by atomic mass is 10.1. The van der Waals surface area contributed by atoms with E-state index in [9.17, 15) is 14.9 Å². The maximum atomic E-state index is 11.8. The van der Waals surface area contributed by atoms with Crippen LogP contribution in [-0.4, -0.2) is 10.8 Å². The zero-order valence-corrected chi connectivity index (χ0v) is 12.1. The Bertz CT molecular complexity index is 472. The van der Waals surface area contributed by atoms with Crippen LogP contribution in [0.2, 0.25) is 0 Å². The first-order chi connectivity index (χ1) is 9.54. The second kappa shape index (κ2) is 8.30. The van der Waals surface area contributed by atoms with Gasteiger partial charge in [0.2, 0.25) is 5.91 Å². The number of hydrogen-bond acceptors (Lipinski definition) is 3. The molecule has 0 aromatic heterocycles. The first kappa shape index (κ1) is 16.1. The monoisotopic (exact) mass is 278 g/mol. The van der Waals surface area contributed by atoms with Gasteiger partial charge in [-0.2, -0.15) is 0 Å². The average Bonchev–Trinajstić information content (AvgIpc) is 2.40. The van der Waals surface area contributed by atoms with Gasteiger partial charge in [-0.25, -0.2) is 0 Å². The molecule has 0 unspecified atom stereocenters. The number of benzene rings is 1. The van der Waals surface area contributed by atoms with Gasteiger partial charge in [-0.15, -0.1) is 0 Å². The third kappa shape index (κ3) is 5.38. The van der Waals surface area contributed by atoms with Crippen molar-refractivity contribution in [1.29, 1.82) is 0 Å². The summed E-state index contributed by atoms with van der Waals surface area (Å²) in [7, 11) is 0. The molecule has 0 fully saturated rings. The molecule has 0 heterocycles. The number of nitrogens with one attached hydrogen (secondary N) is 1. The number of aryl methyl sites for hydroxylation is 1. The maximum Gasteiger partial charge on any atom is 0.269 e. The first-order valence-electron chi connectivity index (χ1n) is 7.09. The van der Waals surface area contributed by atoms with Crippen LogP contribution in [0.4, 0.5) is 11.4 Å². The fraction of sp³-hybridized carbons (Fsp3) is 0.533. The molecule has 5 heteroatoms. The van der Waals surface area contributed by atoms with Crippen LogP contribution in [0.5, 0.6) is 0 Å². The van der Waals surface area contributed by atoms with Crippen molar-refractivity contribution in [2.75, 3.05) is 5.32 Å². The highest BCUT2D eigenvalue weighted by molar-refractivity contribution is 5.91. The Morgan fingerprint density at radius 3 is 2.55 bits per heavy atom. The second-order valence-electron chi connectivity index (χ2n) is 4.97. The van der Waals surface area contributed by atoms with E-state index in [0.29, 0.717) is 17.7 Å². The topological polar surface area (TPSA) is 72.2 Å². The SMILES string of the molecule is CCCCCCCC(=O)Nc1ccc([N+](=O)[O-])cc1C. The van der Waals surface area contributed by atoms with E-state index in [1.165, 1.54) is 31.4 Å². The Kier molecular flexibility index (Phi) is 6.70. The highest BCUT2D eigenvalue weighted by Crippen LogP contribution is 2.21. The third-order valence-electron chi connectivity index (χ3n) is 3.20. The molecule has 0 saturated heterocycles. The normalized spacial score (nSPS) is 10.3. The minimum Gasteiger partial charge on any atom is -0.326 e. The van der Waals surface area contributed by atoms with Gasteiger partial charge in [0.15, 0.2) is 0 Å². The molecule has 0 radical (unpaired) electrons. The minimum atomic E-state index is -0.438. The van der Waals surface area contributed by atoms with Gasteiger partial charge < -0.3 is 5.32 Å². The molecule has 0 saturated carbocycles. The van der Waals surface area contributed by atoms with Crippen LogP contribution >= 0.6 is 0 Å². The third-order valence-corrected chi connectivity index (χ3v) is 3.20. The molecule has 0 aliphatic heterocycles. The fourth-order valence-electron chi connectivity index (χ4n) is 2.00. The van der Waals surface area contributed by atoms with E-state index in [-0.39, 0.29) is 11.6 Å². The number of amides is 1. The van der Waals surface area contributed by atoms with Crippen LogP contribution in [0, 0.1) is 17.0 Å². The second-order valence-corrected chi connectivity index (χ2v) is 4.97. The molecule has 1 aromatic rings. The molecule has 20 heavy (non-hydrogen) atoms. The molecule has 0 atom stereocenters. The van der Waals surface area contributed by atoms with Crippen molar-refractivity contribution in [2.24, 2.45) is 0 Å². The van der Waals surface area contributed by atoms with Gasteiger partial charge >= 0.3 is 0 Å². The lowest BCUT2D eigenvalue weighted by Crippen LogP contribution is -2.12. The van der Waals surface area contributed by atoms with Crippen molar-refractivity contribution < 1.29 is 9.72 Å². The van der Waals surface area contributed by atoms with Crippen molar-refractivity contribution in [2.45, 2.75) is 52.4 Å². The van der Waals surface area contributed by atoms with Gasteiger partial charge in [-0.1, -0.05) is 32.6 Å². The van der Waals surface area contributed by atoms with Crippen molar-refractivity contribution in [3.63, 3.8) is 0 Å². The summed E-state index contributed by atoms with van der Waals surface area (Å²) < 4.78 is 0. The fourth-order valence-corrected chi connectivity index (χ4v) is 2.00. The number of anilines is 1. The molecule has 0 aliphatic rings. The highest BCUT2D eigenvalue weighted by Gasteiger charge is 2.09. The lowest BCUT2D eigenvalue weighted by Gasteiger charge is -2.08. The number of unbranched alkanes of at least 4 members (excludes halogenated alkanes) is 4. The number of nitrogens with zero attached hydrogens (tertiary/aromatic N) is 1. The number of carbonyl (C=O) groups excluding carboxylic acids is 1. The van der Waals surface area contributed by atoms with Crippen LogP contribution < -0.4 is 5.32 Å². The summed E-state index contributed by atoms with van der Waals surface area (Å²) >= 11 is 0. The number of nitro groups is 1. The number of nitro benzene ring substituents is 1. The highest BCUT2D eigenvalue weighted by atomic mass is 16.6. The predicted octanol–water partition coefficient (Wildman–Crippen LogP) is 4.20. The predicted molar refractivity (Wildman–Crippen MR) is 79.8 cm³/mol. The molecule has 0 bridgehead atoms. The van der Waals surface area contributed by atoms with Gasteiger partial charge in [0.05, 0.1) is 4.92 Å². The van der Waals surface area contributed by atoms with Crippen LogP contribution in [0.15, 0.2) is 18.2 Å². The Morgan fingerprint density at radius 1 is 1.25 bits per heavy atom. The lowest BCUT2D eigenvalue weighted by molar-refractivity contribution is -0.384. The molecule has 1 rings (SSSR count). The Balaban J connectivity index is 2.44. The van der Waals surface area contributed by atoms with Gasteiger partial charge in [0.1, 0.15) is 0 Å². The average molecular weight is 278 g/mol. The molecule has 0 aliphatic carbocycles. The van der Waals surface area contributed by atoms with Crippen LogP contribution in [0.25, 0.3) is 0 Å². The summed E-state index contributed by atoms with van der Waals surface area (Å²) in [5, 5.41) is 13.4. The van der Waals surface area contributed by atoms with Gasteiger partial charge in [0, 0.05) is 24.2 Å². The van der Waals surface area contributed by atoms with E-state index in [1.54, 1.807) is 13.0 Å². The quantitative estimate of drug-likeness (QED) is 0.440. The molecular formula is C15H22N2O3. The smallest absolute Gasteiger partial charge is 0.269 e. The standard InChI is InChI=1S/C15H22N2O3/c1-3-4-5-6-7-8-15(18)16-14-10-9-13(17(19)20)11-12(14)2/h9-11H,3-8H2,1-2H3,(H,16,18). The number of rotatable bonds is 8. The summed E-state index contributed by atoms with van der Waals surface area (Å²) in [4.78, 5) is 22.0. The summed E-state index contributed by atoms with van der Waals surface area (Å²) in [5.41, 5.74) is 1.40. The van der Waals surface area contributed by atoms with Crippen molar-refractivity contribution in [1.82, 2.24) is 0 Å². The van der Waals surface area contributed by atoms with Gasteiger partial charge in [0.25, 0.3) is 5.69 Å². The molecular weight excluding hydrogens is 256 g/mol. The Morgan fingerprint density at radius 2 is 1.95 bits per heavy atom. The maximum absolute atomic E-state index is 11.8. The summed E-state index contributed by atoms with van der Waals surface area (Å²) in [6, 6.07) is 4.46. The van der Waals surface area contributed by atoms with Crippen LogP contribution in [0.1, 0.15) is 51.0 Å². The van der Waals surface area contributed by atoms with E-state index >= 15 is 0 Å². The van der Waals surface area contributed by atoms with Gasteiger partial charge in [-0.05, 0) is 25.0 Å². The van der Waals surface area contributed by atoms with Crippen molar-refractivity contribution in [3.8, 4) is 0 Å². The first-order valence-corrected chi connectivity index (χ1v) is 7.09. The molecule has 1 N–H and O–H groups in total. The van der Waals surface area contributed by atoms with Crippen molar-refractivity contribution >= 4 is 17.3 Å². The largest absolute Gasteiger partial charge is 0.326 e. The zero-order chi connectivity index (χ0) is 15.0. The molecule has 110 valence electrons. The van der Waals surface area contributed by atoms with Crippen molar-refractivity contribution in [3.05, 3.63) is 33.9 Å². The van der Waals surface area contributed by atoms with E-state index in [0.717, 1.165) is 12.8 Å². The number of carbonyl (C=O) groups is 1. The van der Waals surface area contributed by atoms with E-state index in [1.807, 2.05) is 0 Å². The molecule has 5 nitrogen and oxygen atoms in total. The summed E-state index contributed by atoms with van der Waals surface area (Å²) in [5.74, 6) is -0.0292. The zero-order valence-electron chi connectivity index (χ0n) is 12.1. The Labute approximate surface area is 119 Å². The number of hydrogen-bond donors (Lipinski definition) is 1. The molecule has 1 aromatic carbocycles. The molecule has 1 amide bonds. The Hall–Kier alpha value is -1.91. The number of non-ortho nitro benzene ring substituents is 1. The van der Waals surface area contributed by atoms with E-state index in [4.69, 9.17) is 0 Å².